The smallest absolute Gasteiger partial charge is 0.401 e. The maximum absolute atomic E-state index is 12.6. The second-order valence-corrected chi connectivity index (χ2v) is 4.52. The van der Waals surface area contributed by atoms with Crippen molar-refractivity contribution in [2.75, 3.05) is 12.3 Å². The van der Waals surface area contributed by atoms with Gasteiger partial charge in [0, 0.05) is 12.3 Å². The highest BCUT2D eigenvalue weighted by molar-refractivity contribution is 7.80. The third-order valence-corrected chi connectivity index (χ3v) is 3.31. The lowest BCUT2D eigenvalue weighted by atomic mass is 9.99. The van der Waals surface area contributed by atoms with Crippen molar-refractivity contribution in [3.05, 3.63) is 0 Å². The van der Waals surface area contributed by atoms with Crippen molar-refractivity contribution in [1.29, 1.82) is 0 Å². The molecule has 0 radical (unpaired) electrons. The van der Waals surface area contributed by atoms with Crippen molar-refractivity contribution < 1.29 is 27.9 Å². The molecular weight excluding hydrogens is 271 g/mol. The summed E-state index contributed by atoms with van der Waals surface area (Å²) in [4.78, 5) is 23.5. The van der Waals surface area contributed by atoms with Crippen LogP contribution < -0.4 is 0 Å². The van der Waals surface area contributed by atoms with Gasteiger partial charge in [0.25, 0.3) is 0 Å². The van der Waals surface area contributed by atoms with Gasteiger partial charge in [-0.2, -0.15) is 25.8 Å². The van der Waals surface area contributed by atoms with Crippen LogP contribution in [-0.4, -0.2) is 46.4 Å². The van der Waals surface area contributed by atoms with Crippen molar-refractivity contribution in [1.82, 2.24) is 4.90 Å². The van der Waals surface area contributed by atoms with E-state index in [1.165, 1.54) is 0 Å². The Bertz CT molecular complexity index is 335. The highest BCUT2D eigenvalue weighted by Gasteiger charge is 2.47. The van der Waals surface area contributed by atoms with Crippen LogP contribution in [0.25, 0.3) is 0 Å². The molecule has 1 aliphatic heterocycles. The zero-order valence-corrected chi connectivity index (χ0v) is 10.4. The lowest BCUT2D eigenvalue weighted by Gasteiger charge is -2.35. The zero-order valence-electron chi connectivity index (χ0n) is 9.48. The van der Waals surface area contributed by atoms with Crippen LogP contribution in [0.15, 0.2) is 0 Å². The molecule has 0 aliphatic carbocycles. The molecule has 18 heavy (non-hydrogen) atoms. The van der Waals surface area contributed by atoms with Crippen LogP contribution in [0.2, 0.25) is 0 Å². The molecule has 0 aromatic heterocycles. The van der Waals surface area contributed by atoms with Gasteiger partial charge in [0.1, 0.15) is 12.0 Å². The Hall–Kier alpha value is -0.920. The number of rotatable bonds is 3. The summed E-state index contributed by atoms with van der Waals surface area (Å²) in [5.41, 5.74) is 0. The van der Waals surface area contributed by atoms with Crippen molar-refractivity contribution in [2.24, 2.45) is 5.92 Å². The third kappa shape index (κ3) is 3.30. The number of halogens is 3. The van der Waals surface area contributed by atoms with Gasteiger partial charge in [0.05, 0.1) is 0 Å². The number of alkyl halides is 3. The van der Waals surface area contributed by atoms with Crippen LogP contribution in [0.5, 0.6) is 0 Å². The van der Waals surface area contributed by atoms with Crippen molar-refractivity contribution >= 4 is 24.5 Å². The molecule has 104 valence electrons. The van der Waals surface area contributed by atoms with Crippen LogP contribution in [0, 0.1) is 5.92 Å². The standard InChI is InChI=1S/C10H14F3NO3S/c11-10(12,13)6(5-18)8(15)14-4-2-1-3-7(14)9(16)17/h6-7,18H,1-5H2,(H,16,17)/t6?,7-/m1/s1. The van der Waals surface area contributed by atoms with Gasteiger partial charge in [-0.25, -0.2) is 4.79 Å². The first kappa shape index (κ1) is 15.1. The molecule has 1 fully saturated rings. The van der Waals surface area contributed by atoms with Gasteiger partial charge in [-0.05, 0) is 19.3 Å². The van der Waals surface area contributed by atoms with E-state index >= 15 is 0 Å². The second-order valence-electron chi connectivity index (χ2n) is 4.16. The topological polar surface area (TPSA) is 57.6 Å². The molecule has 0 bridgehead atoms. The number of nitrogens with zero attached hydrogens (tertiary/aromatic N) is 1. The molecule has 2 atom stereocenters. The maximum atomic E-state index is 12.6. The molecule has 1 rings (SSSR count). The summed E-state index contributed by atoms with van der Waals surface area (Å²) in [7, 11) is 0. The summed E-state index contributed by atoms with van der Waals surface area (Å²) in [6, 6.07) is -1.16. The number of thiol groups is 1. The highest BCUT2D eigenvalue weighted by Crippen LogP contribution is 2.31. The number of carboxylic acid groups (broad SMARTS) is 1. The Balaban J connectivity index is 2.89. The Morgan fingerprint density at radius 1 is 1.39 bits per heavy atom. The third-order valence-electron chi connectivity index (χ3n) is 2.95. The normalized spacial score (nSPS) is 22.7. The van der Waals surface area contributed by atoms with E-state index in [0.29, 0.717) is 12.8 Å². The van der Waals surface area contributed by atoms with Crippen LogP contribution in [0.4, 0.5) is 13.2 Å². The average molecular weight is 285 g/mol. The summed E-state index contributed by atoms with van der Waals surface area (Å²) >= 11 is 3.53. The molecule has 4 nitrogen and oxygen atoms in total. The van der Waals surface area contributed by atoms with Crippen LogP contribution >= 0.6 is 12.6 Å². The van der Waals surface area contributed by atoms with Gasteiger partial charge in [-0.15, -0.1) is 0 Å². The minimum Gasteiger partial charge on any atom is -0.480 e. The summed E-state index contributed by atoms with van der Waals surface area (Å²) in [5.74, 6) is -5.36. The first-order chi connectivity index (χ1) is 8.29. The molecular formula is C10H14F3NO3S. The first-order valence-electron chi connectivity index (χ1n) is 5.50. The molecule has 1 heterocycles. The largest absolute Gasteiger partial charge is 0.480 e. The summed E-state index contributed by atoms with van der Waals surface area (Å²) in [5, 5.41) is 8.92. The van der Waals surface area contributed by atoms with E-state index in [1.807, 2.05) is 0 Å². The van der Waals surface area contributed by atoms with Gasteiger partial charge in [0.2, 0.25) is 5.91 Å². The van der Waals surface area contributed by atoms with E-state index in [9.17, 15) is 22.8 Å². The van der Waals surface area contributed by atoms with Gasteiger partial charge < -0.3 is 10.0 Å². The number of amides is 1. The molecule has 0 spiro atoms. The van der Waals surface area contributed by atoms with Crippen LogP contribution in [0.1, 0.15) is 19.3 Å². The molecule has 1 aliphatic rings. The quantitative estimate of drug-likeness (QED) is 0.774. The van der Waals surface area contributed by atoms with Gasteiger partial charge in [-0.3, -0.25) is 4.79 Å². The van der Waals surface area contributed by atoms with E-state index in [2.05, 4.69) is 12.6 Å². The van der Waals surface area contributed by atoms with E-state index in [-0.39, 0.29) is 13.0 Å². The monoisotopic (exact) mass is 285 g/mol. The maximum Gasteiger partial charge on any atom is 0.401 e. The van der Waals surface area contributed by atoms with E-state index in [1.54, 1.807) is 0 Å². The fourth-order valence-electron chi connectivity index (χ4n) is 1.97. The molecule has 0 saturated carbocycles. The summed E-state index contributed by atoms with van der Waals surface area (Å²) in [6.45, 7) is 0.0517. The average Bonchev–Trinajstić information content (AvgIpc) is 2.27. The minimum absolute atomic E-state index is 0.0517. The Labute approximate surface area is 108 Å². The number of carboxylic acids is 1. The molecule has 0 aromatic rings. The molecule has 0 aromatic carbocycles. The van der Waals surface area contributed by atoms with Crippen LogP contribution in [0.3, 0.4) is 0 Å². The number of likely N-dealkylation sites (tertiary alicyclic amines) is 1. The molecule has 1 saturated heterocycles. The van der Waals surface area contributed by atoms with Crippen molar-refractivity contribution in [3.8, 4) is 0 Å². The Kier molecular flexibility index (Phi) is 4.89. The summed E-state index contributed by atoms with van der Waals surface area (Å²) < 4.78 is 37.8. The number of carbonyl (C=O) groups excluding carboxylic acids is 1. The van der Waals surface area contributed by atoms with E-state index in [0.717, 1.165) is 4.90 Å². The molecule has 1 N–H and O–H groups in total. The minimum atomic E-state index is -4.70. The van der Waals surface area contributed by atoms with Gasteiger partial charge in [0.15, 0.2) is 0 Å². The number of carbonyl (C=O) groups is 2. The predicted octanol–water partition coefficient (Wildman–Crippen LogP) is 1.56. The first-order valence-corrected chi connectivity index (χ1v) is 6.13. The highest BCUT2D eigenvalue weighted by atomic mass is 32.1. The second kappa shape index (κ2) is 5.81. The van der Waals surface area contributed by atoms with E-state index < -0.39 is 35.8 Å². The molecule has 1 amide bonds. The van der Waals surface area contributed by atoms with Crippen molar-refractivity contribution in [2.45, 2.75) is 31.5 Å². The van der Waals surface area contributed by atoms with Crippen molar-refractivity contribution in [3.63, 3.8) is 0 Å². The van der Waals surface area contributed by atoms with Gasteiger partial charge >= 0.3 is 12.1 Å². The molecule has 8 heteroatoms. The molecule has 1 unspecified atom stereocenters. The fraction of sp³-hybridized carbons (Fsp3) is 0.800. The van der Waals surface area contributed by atoms with E-state index in [4.69, 9.17) is 5.11 Å². The Morgan fingerprint density at radius 2 is 2.00 bits per heavy atom. The number of piperidine rings is 1. The van der Waals surface area contributed by atoms with Crippen LogP contribution in [-0.2, 0) is 9.59 Å². The number of hydrogen-bond donors (Lipinski definition) is 2. The number of aliphatic carboxylic acids is 1. The zero-order chi connectivity index (χ0) is 13.9. The number of hydrogen-bond acceptors (Lipinski definition) is 3. The SMILES string of the molecule is O=C(O)[C@H]1CCCCN1C(=O)C(CS)C(F)(F)F. The summed E-state index contributed by atoms with van der Waals surface area (Å²) in [6.07, 6.45) is -3.39. The predicted molar refractivity (Wildman–Crippen MR) is 60.4 cm³/mol. The Morgan fingerprint density at radius 3 is 2.44 bits per heavy atom. The lowest BCUT2D eigenvalue weighted by molar-refractivity contribution is -0.188. The van der Waals surface area contributed by atoms with Gasteiger partial charge in [-0.1, -0.05) is 0 Å². The fourth-order valence-corrected chi connectivity index (χ4v) is 2.34. The lowest BCUT2D eigenvalue weighted by Crippen LogP contribution is -2.52.